The molecule has 23 heavy (non-hydrogen) atoms. The zero-order valence-corrected chi connectivity index (χ0v) is 15.0. The van der Waals surface area contributed by atoms with E-state index in [0.717, 1.165) is 23.6 Å². The molecule has 2 aromatic carbocycles. The van der Waals surface area contributed by atoms with Crippen molar-refractivity contribution in [1.29, 1.82) is 0 Å². The molecule has 0 saturated heterocycles. The van der Waals surface area contributed by atoms with Crippen LogP contribution in [0, 0.1) is 0 Å². The number of hydrogen-bond donors (Lipinski definition) is 0. The van der Waals surface area contributed by atoms with E-state index >= 15 is 0 Å². The van der Waals surface area contributed by atoms with Crippen molar-refractivity contribution in [3.05, 3.63) is 47.2 Å². The van der Waals surface area contributed by atoms with Crippen molar-refractivity contribution in [1.82, 2.24) is 0 Å². The van der Waals surface area contributed by atoms with Gasteiger partial charge in [0.15, 0.2) is 0 Å². The van der Waals surface area contributed by atoms with Crippen LogP contribution in [0.25, 0.3) is 15.5 Å². The summed E-state index contributed by atoms with van der Waals surface area (Å²) < 4.78 is 28.4. The van der Waals surface area contributed by atoms with Crippen LogP contribution < -0.4 is 18.9 Å². The number of fused-ring (bicyclic) bond motifs is 1. The van der Waals surface area contributed by atoms with E-state index in [2.05, 4.69) is 11.6 Å². The number of unbranched alkanes of at least 4 members (excludes halogenated alkanes) is 5. The summed E-state index contributed by atoms with van der Waals surface area (Å²) in [4.78, 5) is 0. The van der Waals surface area contributed by atoms with Gasteiger partial charge in [0.05, 0.1) is 10.0 Å². The van der Waals surface area contributed by atoms with Crippen molar-refractivity contribution < 1.29 is 27.3 Å². The minimum absolute atomic E-state index is 0. The molecule has 0 spiro atoms. The second-order valence-electron chi connectivity index (χ2n) is 5.64. The van der Waals surface area contributed by atoms with E-state index in [4.69, 9.17) is 0 Å². The molecular weight excluding hydrogens is 301 g/mol. The molecular formula is C18H24LiNO2S. The van der Waals surface area contributed by atoms with Gasteiger partial charge in [-0.1, -0.05) is 81.5 Å². The number of nitrogens with zero attached hydrogens (tertiary/aromatic N) is 1. The fourth-order valence-electron chi connectivity index (χ4n) is 2.55. The van der Waals surface area contributed by atoms with Gasteiger partial charge < -0.3 is 4.72 Å². The second-order valence-corrected chi connectivity index (χ2v) is 7.40. The molecule has 0 saturated carbocycles. The Balaban J connectivity index is 0.00000264. The van der Waals surface area contributed by atoms with Crippen LogP contribution >= 0.6 is 0 Å². The summed E-state index contributed by atoms with van der Waals surface area (Å²) in [5.74, 6) is 0.141. The maximum absolute atomic E-state index is 12.2. The largest absolute Gasteiger partial charge is 1.00 e. The molecule has 0 amide bonds. The third-order valence-corrected chi connectivity index (χ3v) is 5.04. The summed E-state index contributed by atoms with van der Waals surface area (Å²) in [6.45, 7) is 2.17. The second kappa shape index (κ2) is 10.0. The molecule has 0 N–H and O–H groups in total. The minimum atomic E-state index is -3.39. The molecule has 0 aliphatic rings. The first-order chi connectivity index (χ1) is 10.6. The molecule has 0 aliphatic carbocycles. The molecule has 0 heterocycles. The first kappa shape index (κ1) is 20.1. The van der Waals surface area contributed by atoms with Gasteiger partial charge in [0.2, 0.25) is 0 Å². The Morgan fingerprint density at radius 3 is 2.30 bits per heavy atom. The van der Waals surface area contributed by atoms with Crippen LogP contribution in [0.5, 0.6) is 0 Å². The van der Waals surface area contributed by atoms with E-state index in [-0.39, 0.29) is 24.6 Å². The maximum atomic E-state index is 12.2. The minimum Gasteiger partial charge on any atom is -0.576 e. The van der Waals surface area contributed by atoms with Crippen molar-refractivity contribution >= 4 is 26.5 Å². The number of benzene rings is 2. The van der Waals surface area contributed by atoms with Gasteiger partial charge >= 0.3 is 18.9 Å². The summed E-state index contributed by atoms with van der Waals surface area (Å²) in [6, 6.07) is 13.3. The number of rotatable bonds is 9. The molecule has 2 aromatic rings. The Morgan fingerprint density at radius 1 is 0.870 bits per heavy atom. The van der Waals surface area contributed by atoms with Gasteiger partial charge in [0.25, 0.3) is 0 Å². The zero-order valence-electron chi connectivity index (χ0n) is 14.2. The third-order valence-electron chi connectivity index (χ3n) is 3.76. The fraction of sp³-hybridized carbons (Fsp3) is 0.444. The smallest absolute Gasteiger partial charge is 0.576 e. The predicted octanol–water partition coefficient (Wildman–Crippen LogP) is 2.54. The van der Waals surface area contributed by atoms with Gasteiger partial charge in [-0.2, -0.15) is 0 Å². The van der Waals surface area contributed by atoms with Crippen LogP contribution in [0.15, 0.2) is 42.5 Å². The molecule has 2 rings (SSSR count). The predicted molar refractivity (Wildman–Crippen MR) is 94.1 cm³/mol. The topological polar surface area (TPSA) is 48.2 Å². The summed E-state index contributed by atoms with van der Waals surface area (Å²) >= 11 is 0. The van der Waals surface area contributed by atoms with E-state index in [1.54, 1.807) is 6.07 Å². The van der Waals surface area contributed by atoms with Crippen LogP contribution in [0.3, 0.4) is 0 Å². The summed E-state index contributed by atoms with van der Waals surface area (Å²) in [5, 5.41) is 1.90. The van der Waals surface area contributed by atoms with E-state index in [0.29, 0.717) is 12.1 Å². The van der Waals surface area contributed by atoms with E-state index in [1.165, 1.54) is 19.3 Å². The van der Waals surface area contributed by atoms with Gasteiger partial charge in [-0.05, 0) is 17.2 Å². The molecule has 0 unspecified atom stereocenters. The van der Waals surface area contributed by atoms with Crippen LogP contribution in [0.1, 0.15) is 45.4 Å². The van der Waals surface area contributed by atoms with E-state index in [1.807, 2.05) is 36.4 Å². The molecule has 0 radical (unpaired) electrons. The maximum Gasteiger partial charge on any atom is 1.00 e. The van der Waals surface area contributed by atoms with Crippen LogP contribution in [-0.2, 0) is 10.0 Å². The molecule has 0 fully saturated rings. The number of hydrogen-bond acceptors (Lipinski definition) is 2. The Labute approximate surface area is 152 Å². The molecule has 5 heteroatoms. The summed E-state index contributed by atoms with van der Waals surface area (Å²) in [6.07, 6.45) is 6.39. The monoisotopic (exact) mass is 325 g/mol. The Kier molecular flexibility index (Phi) is 8.76. The average molecular weight is 325 g/mol. The Morgan fingerprint density at radius 2 is 1.52 bits per heavy atom. The average Bonchev–Trinajstić information content (AvgIpc) is 2.51. The van der Waals surface area contributed by atoms with E-state index in [9.17, 15) is 8.42 Å². The van der Waals surface area contributed by atoms with Crippen LogP contribution in [0.2, 0.25) is 0 Å². The van der Waals surface area contributed by atoms with Crippen molar-refractivity contribution in [3.63, 3.8) is 0 Å². The first-order valence-electron chi connectivity index (χ1n) is 8.06. The summed E-state index contributed by atoms with van der Waals surface area (Å²) in [5.41, 5.74) is 0.545. The summed E-state index contributed by atoms with van der Waals surface area (Å²) in [7, 11) is -3.39. The Bertz CT molecular complexity index is 696. The molecule has 3 nitrogen and oxygen atoms in total. The third kappa shape index (κ3) is 6.59. The number of sulfonamides is 1. The van der Waals surface area contributed by atoms with Crippen molar-refractivity contribution in [3.8, 4) is 0 Å². The van der Waals surface area contributed by atoms with Gasteiger partial charge in [0, 0.05) is 5.75 Å². The molecule has 120 valence electrons. The van der Waals surface area contributed by atoms with E-state index < -0.39 is 10.0 Å². The van der Waals surface area contributed by atoms with Crippen molar-refractivity contribution in [2.45, 2.75) is 45.4 Å². The molecule has 0 atom stereocenters. The van der Waals surface area contributed by atoms with Crippen LogP contribution in [-0.4, -0.2) is 14.2 Å². The normalized spacial score (nSPS) is 11.2. The molecule has 0 bridgehead atoms. The first-order valence-corrected chi connectivity index (χ1v) is 9.67. The quantitative estimate of drug-likeness (QED) is 0.525. The molecule has 0 aliphatic heterocycles. The molecule has 0 aromatic heterocycles. The van der Waals surface area contributed by atoms with Gasteiger partial charge in [0.1, 0.15) is 0 Å². The van der Waals surface area contributed by atoms with Crippen molar-refractivity contribution in [2.24, 2.45) is 0 Å². The SMILES string of the molecule is CCCCCCCCS(=O)(=O)[N-]c1cccc2ccccc12.[Li+]. The fourth-order valence-corrected chi connectivity index (χ4v) is 3.67. The zero-order chi connectivity index (χ0) is 15.8. The van der Waals surface area contributed by atoms with Gasteiger partial charge in [-0.15, -0.1) is 5.69 Å². The van der Waals surface area contributed by atoms with Gasteiger partial charge in [-0.3, -0.25) is 0 Å². The van der Waals surface area contributed by atoms with Gasteiger partial charge in [-0.25, -0.2) is 8.42 Å². The van der Waals surface area contributed by atoms with Crippen LogP contribution in [0.4, 0.5) is 5.69 Å². The van der Waals surface area contributed by atoms with Crippen molar-refractivity contribution in [2.75, 3.05) is 5.75 Å². The Hall–Kier alpha value is -0.953. The standard InChI is InChI=1S/C18H24NO2S.Li/c1-2-3-4-5-6-9-15-22(20,21)19-18-14-10-12-16-11-7-8-13-17(16)18;/h7-8,10-14H,2-6,9,15H2,1H3;/q-1;+1.